The standard InChI is InChI=1S/C19H22BrFN4O.HI/c1-23-19(25-12-13-4-6-15(7-5-13)18(22)26)24-10-2-3-14-8-9-16(20)11-17(14)21;/h4-9,11H,2-3,10,12H2,1H3,(H2,22,26)(H2,23,24,25);1H. The van der Waals surface area contributed by atoms with Gasteiger partial charge < -0.3 is 16.4 Å². The van der Waals surface area contributed by atoms with Crippen LogP contribution in [0.4, 0.5) is 4.39 Å². The van der Waals surface area contributed by atoms with Crippen LogP contribution in [-0.2, 0) is 13.0 Å². The molecule has 0 heterocycles. The molecule has 5 nitrogen and oxygen atoms in total. The van der Waals surface area contributed by atoms with Gasteiger partial charge in [-0.05, 0) is 48.2 Å². The number of aliphatic imine (C=N–C) groups is 1. The van der Waals surface area contributed by atoms with Crippen molar-refractivity contribution >= 4 is 51.8 Å². The van der Waals surface area contributed by atoms with E-state index in [4.69, 9.17) is 5.73 Å². The summed E-state index contributed by atoms with van der Waals surface area (Å²) in [5.74, 6) is 0.0331. The number of aryl methyl sites for hydroxylation is 1. The summed E-state index contributed by atoms with van der Waals surface area (Å²) in [7, 11) is 1.69. The molecule has 0 spiro atoms. The van der Waals surface area contributed by atoms with Crippen LogP contribution in [0.5, 0.6) is 0 Å². The van der Waals surface area contributed by atoms with Gasteiger partial charge >= 0.3 is 0 Å². The molecule has 2 rings (SSSR count). The van der Waals surface area contributed by atoms with Crippen molar-refractivity contribution in [1.82, 2.24) is 10.6 Å². The summed E-state index contributed by atoms with van der Waals surface area (Å²) in [5, 5.41) is 6.40. The second kappa shape index (κ2) is 11.9. The average molecular weight is 549 g/mol. The van der Waals surface area contributed by atoms with Gasteiger partial charge in [0.25, 0.3) is 0 Å². The number of guanidine groups is 1. The minimum atomic E-state index is -0.441. The lowest BCUT2D eigenvalue weighted by Gasteiger charge is -2.12. The minimum absolute atomic E-state index is 0. The van der Waals surface area contributed by atoms with E-state index in [9.17, 15) is 9.18 Å². The van der Waals surface area contributed by atoms with Gasteiger partial charge in [-0.15, -0.1) is 24.0 Å². The Labute approximate surface area is 184 Å². The Morgan fingerprint density at radius 2 is 1.89 bits per heavy atom. The van der Waals surface area contributed by atoms with Gasteiger partial charge in [-0.3, -0.25) is 9.79 Å². The molecule has 2 aromatic carbocycles. The third-order valence-electron chi connectivity index (χ3n) is 3.85. The average Bonchev–Trinajstić information content (AvgIpc) is 2.63. The maximum absolute atomic E-state index is 13.8. The maximum atomic E-state index is 13.8. The second-order valence-corrected chi connectivity index (χ2v) is 6.67. The molecule has 0 aliphatic heterocycles. The molecule has 0 aliphatic carbocycles. The summed E-state index contributed by atoms with van der Waals surface area (Å²) >= 11 is 3.25. The molecule has 0 aliphatic rings. The first kappa shape index (κ1) is 23.4. The molecule has 0 atom stereocenters. The first-order valence-electron chi connectivity index (χ1n) is 8.27. The van der Waals surface area contributed by atoms with Gasteiger partial charge in [0.15, 0.2) is 5.96 Å². The lowest BCUT2D eigenvalue weighted by Crippen LogP contribution is -2.37. The number of rotatable bonds is 7. The molecule has 0 saturated carbocycles. The van der Waals surface area contributed by atoms with Crippen molar-refractivity contribution in [3.63, 3.8) is 0 Å². The van der Waals surface area contributed by atoms with E-state index in [-0.39, 0.29) is 29.8 Å². The van der Waals surface area contributed by atoms with Crippen LogP contribution in [0, 0.1) is 5.82 Å². The number of hydrogen-bond donors (Lipinski definition) is 3. The van der Waals surface area contributed by atoms with Crippen LogP contribution in [0.2, 0.25) is 0 Å². The number of nitrogens with one attached hydrogen (secondary N) is 2. The number of benzene rings is 2. The summed E-state index contributed by atoms with van der Waals surface area (Å²) < 4.78 is 14.5. The van der Waals surface area contributed by atoms with Crippen molar-refractivity contribution in [1.29, 1.82) is 0 Å². The largest absolute Gasteiger partial charge is 0.366 e. The van der Waals surface area contributed by atoms with Gasteiger partial charge in [0, 0.05) is 30.2 Å². The molecule has 0 unspecified atom stereocenters. The number of halogens is 3. The number of amides is 1. The number of primary amides is 1. The molecule has 0 bridgehead atoms. The van der Waals surface area contributed by atoms with E-state index in [1.54, 1.807) is 25.2 Å². The van der Waals surface area contributed by atoms with Gasteiger partial charge in [0.05, 0.1) is 0 Å². The quantitative estimate of drug-likeness (QED) is 0.214. The maximum Gasteiger partial charge on any atom is 0.248 e. The van der Waals surface area contributed by atoms with E-state index in [1.807, 2.05) is 18.2 Å². The fourth-order valence-electron chi connectivity index (χ4n) is 2.40. The predicted molar refractivity (Wildman–Crippen MR) is 121 cm³/mol. The van der Waals surface area contributed by atoms with Crippen molar-refractivity contribution < 1.29 is 9.18 Å². The van der Waals surface area contributed by atoms with Gasteiger partial charge in [0.1, 0.15) is 5.82 Å². The van der Waals surface area contributed by atoms with E-state index in [2.05, 4.69) is 31.6 Å². The first-order chi connectivity index (χ1) is 12.5. The summed E-state index contributed by atoms with van der Waals surface area (Å²) in [4.78, 5) is 15.2. The number of nitrogens with two attached hydrogens (primary N) is 1. The van der Waals surface area contributed by atoms with Crippen molar-refractivity contribution in [3.8, 4) is 0 Å². The van der Waals surface area contributed by atoms with Gasteiger partial charge in [0.2, 0.25) is 5.91 Å². The van der Waals surface area contributed by atoms with Crippen molar-refractivity contribution in [3.05, 3.63) is 69.4 Å². The third kappa shape index (κ3) is 7.84. The highest BCUT2D eigenvalue weighted by Gasteiger charge is 2.04. The van der Waals surface area contributed by atoms with E-state index in [0.29, 0.717) is 36.6 Å². The molecule has 27 heavy (non-hydrogen) atoms. The number of hydrogen-bond acceptors (Lipinski definition) is 2. The zero-order chi connectivity index (χ0) is 18.9. The highest BCUT2D eigenvalue weighted by molar-refractivity contribution is 14.0. The molecule has 0 fully saturated rings. The summed E-state index contributed by atoms with van der Waals surface area (Å²) in [5.41, 5.74) is 7.42. The Hall–Kier alpha value is -1.68. The predicted octanol–water partition coefficient (Wildman–Crippen LogP) is 3.60. The molecule has 146 valence electrons. The molecule has 0 aromatic heterocycles. The molecular weight excluding hydrogens is 526 g/mol. The lowest BCUT2D eigenvalue weighted by molar-refractivity contribution is 0.100. The summed E-state index contributed by atoms with van der Waals surface area (Å²) in [6.07, 6.45) is 1.43. The Balaban J connectivity index is 0.00000364. The second-order valence-electron chi connectivity index (χ2n) is 5.75. The van der Waals surface area contributed by atoms with Crippen molar-refractivity contribution in [2.75, 3.05) is 13.6 Å². The monoisotopic (exact) mass is 548 g/mol. The molecule has 2 aromatic rings. The van der Waals surface area contributed by atoms with Gasteiger partial charge in [-0.2, -0.15) is 0 Å². The first-order valence-corrected chi connectivity index (χ1v) is 9.06. The van der Waals surface area contributed by atoms with Gasteiger partial charge in [-0.1, -0.05) is 34.1 Å². The fourth-order valence-corrected chi connectivity index (χ4v) is 2.74. The topological polar surface area (TPSA) is 79.5 Å². The van der Waals surface area contributed by atoms with Crippen LogP contribution >= 0.6 is 39.9 Å². The van der Waals surface area contributed by atoms with E-state index >= 15 is 0 Å². The molecule has 4 N–H and O–H groups in total. The Morgan fingerprint density at radius 3 is 2.48 bits per heavy atom. The van der Waals surface area contributed by atoms with E-state index in [1.165, 1.54) is 6.07 Å². The van der Waals surface area contributed by atoms with Crippen LogP contribution in [0.15, 0.2) is 51.9 Å². The number of nitrogens with zero attached hydrogens (tertiary/aromatic N) is 1. The minimum Gasteiger partial charge on any atom is -0.366 e. The summed E-state index contributed by atoms with van der Waals surface area (Å²) in [6.45, 7) is 1.25. The Kier molecular flexibility index (Phi) is 10.3. The summed E-state index contributed by atoms with van der Waals surface area (Å²) in [6, 6.07) is 12.2. The van der Waals surface area contributed by atoms with Crippen LogP contribution in [0.25, 0.3) is 0 Å². The van der Waals surface area contributed by atoms with Gasteiger partial charge in [-0.25, -0.2) is 4.39 Å². The molecule has 0 radical (unpaired) electrons. The highest BCUT2D eigenvalue weighted by Crippen LogP contribution is 2.16. The Morgan fingerprint density at radius 1 is 1.19 bits per heavy atom. The highest BCUT2D eigenvalue weighted by atomic mass is 127. The SMILES string of the molecule is CN=C(NCCCc1ccc(Br)cc1F)NCc1ccc(C(N)=O)cc1.I. The number of carbonyl (C=O) groups excluding carboxylic acids is 1. The fraction of sp³-hybridized carbons (Fsp3) is 0.263. The van der Waals surface area contributed by atoms with Crippen LogP contribution in [-0.4, -0.2) is 25.5 Å². The van der Waals surface area contributed by atoms with Crippen LogP contribution in [0.1, 0.15) is 27.9 Å². The molecule has 8 heteroatoms. The van der Waals surface area contributed by atoms with E-state index < -0.39 is 5.91 Å². The molecular formula is C19H23BrFIN4O. The van der Waals surface area contributed by atoms with Crippen LogP contribution < -0.4 is 16.4 Å². The molecule has 0 saturated heterocycles. The molecule has 1 amide bonds. The van der Waals surface area contributed by atoms with Crippen molar-refractivity contribution in [2.45, 2.75) is 19.4 Å². The zero-order valence-corrected chi connectivity index (χ0v) is 18.9. The zero-order valence-electron chi connectivity index (χ0n) is 15.0. The van der Waals surface area contributed by atoms with Crippen LogP contribution in [0.3, 0.4) is 0 Å². The smallest absolute Gasteiger partial charge is 0.248 e. The van der Waals surface area contributed by atoms with Crippen molar-refractivity contribution in [2.24, 2.45) is 10.7 Å². The third-order valence-corrected chi connectivity index (χ3v) is 4.35. The normalized spacial score (nSPS) is 10.9. The lowest BCUT2D eigenvalue weighted by atomic mass is 10.1. The van der Waals surface area contributed by atoms with E-state index in [0.717, 1.165) is 16.5 Å². The Bertz CT molecular complexity index is 784. The number of carbonyl (C=O) groups is 1.